The van der Waals surface area contributed by atoms with Crippen molar-refractivity contribution in [2.24, 2.45) is 0 Å². The summed E-state index contributed by atoms with van der Waals surface area (Å²) in [4.78, 5) is 17.5. The van der Waals surface area contributed by atoms with Gasteiger partial charge in [-0.25, -0.2) is 4.79 Å². The van der Waals surface area contributed by atoms with E-state index in [2.05, 4.69) is 87.8 Å². The molecule has 2 atom stereocenters. The SMILES string of the molecule is O=C(O[C@H]1CN[C@@H](C#CN2C=C(Nc3ccc4c(cnn4Cc4ccccc4)c3)c3ccsc3C2)C1)N1CCCC1. The van der Waals surface area contributed by atoms with Crippen LogP contribution in [-0.2, 0) is 17.8 Å². The first-order chi connectivity index (χ1) is 20.2. The molecule has 0 radical (unpaired) electrons. The highest BCUT2D eigenvalue weighted by Crippen LogP contribution is 2.32. The molecule has 2 N–H and O–H groups in total. The highest BCUT2D eigenvalue weighted by molar-refractivity contribution is 7.10. The number of thiophene rings is 1. The summed E-state index contributed by atoms with van der Waals surface area (Å²) in [7, 11) is 0. The van der Waals surface area contributed by atoms with Gasteiger partial charge < -0.3 is 19.9 Å². The van der Waals surface area contributed by atoms with E-state index in [1.165, 1.54) is 16.0 Å². The summed E-state index contributed by atoms with van der Waals surface area (Å²) in [5, 5.41) is 14.9. The lowest BCUT2D eigenvalue weighted by Gasteiger charge is -2.23. The lowest BCUT2D eigenvalue weighted by atomic mass is 10.1. The molecule has 3 aliphatic rings. The molecule has 2 aromatic carbocycles. The molecule has 0 bridgehead atoms. The molecule has 0 aliphatic carbocycles. The number of benzene rings is 2. The quantitative estimate of drug-likeness (QED) is 0.321. The van der Waals surface area contributed by atoms with Crippen LogP contribution in [0.2, 0.25) is 0 Å². The summed E-state index contributed by atoms with van der Waals surface area (Å²) in [6, 6.07) is 22.3. The number of carbonyl (C=O) groups excluding carboxylic acids is 1. The molecule has 8 nitrogen and oxygen atoms in total. The van der Waals surface area contributed by atoms with Gasteiger partial charge in [-0.2, -0.15) is 5.10 Å². The Morgan fingerprint density at radius 1 is 1.15 bits per heavy atom. The van der Waals surface area contributed by atoms with Crippen molar-refractivity contribution in [3.8, 4) is 12.0 Å². The number of nitrogens with zero attached hydrogens (tertiary/aromatic N) is 4. The predicted molar refractivity (Wildman–Crippen MR) is 162 cm³/mol. The molecule has 5 heterocycles. The van der Waals surface area contributed by atoms with Gasteiger partial charge in [0.15, 0.2) is 0 Å². The number of fused-ring (bicyclic) bond motifs is 2. The molecule has 2 fully saturated rings. The molecule has 7 rings (SSSR count). The Morgan fingerprint density at radius 2 is 2.02 bits per heavy atom. The molecule has 2 saturated heterocycles. The first-order valence-electron chi connectivity index (χ1n) is 14.2. The highest BCUT2D eigenvalue weighted by Gasteiger charge is 2.29. The monoisotopic (exact) mass is 564 g/mol. The fraction of sp³-hybridized carbons (Fsp3) is 0.312. The van der Waals surface area contributed by atoms with Crippen LogP contribution in [0, 0.1) is 12.0 Å². The van der Waals surface area contributed by atoms with E-state index in [1.807, 2.05) is 21.8 Å². The molecular weight excluding hydrogens is 532 g/mol. The van der Waals surface area contributed by atoms with E-state index in [4.69, 9.17) is 4.74 Å². The van der Waals surface area contributed by atoms with Gasteiger partial charge >= 0.3 is 6.09 Å². The second kappa shape index (κ2) is 11.3. The molecule has 208 valence electrons. The fourth-order valence-corrected chi connectivity index (χ4v) is 6.57. The summed E-state index contributed by atoms with van der Waals surface area (Å²) in [5.41, 5.74) is 5.57. The van der Waals surface area contributed by atoms with Crippen LogP contribution >= 0.6 is 11.3 Å². The molecule has 41 heavy (non-hydrogen) atoms. The van der Waals surface area contributed by atoms with Crippen LogP contribution in [0.3, 0.4) is 0 Å². The number of rotatable bonds is 5. The van der Waals surface area contributed by atoms with Crippen LogP contribution < -0.4 is 10.6 Å². The lowest BCUT2D eigenvalue weighted by molar-refractivity contribution is 0.0763. The molecule has 0 unspecified atom stereocenters. The van der Waals surface area contributed by atoms with Gasteiger partial charge in [-0.15, -0.1) is 11.3 Å². The normalized spacial score (nSPS) is 20.0. The Balaban J connectivity index is 1.03. The van der Waals surface area contributed by atoms with Crippen LogP contribution in [0.1, 0.15) is 35.3 Å². The Labute approximate surface area is 243 Å². The van der Waals surface area contributed by atoms with Gasteiger partial charge in [-0.1, -0.05) is 36.3 Å². The number of likely N-dealkylation sites (tertiary alicyclic amines) is 1. The number of nitrogens with one attached hydrogen (secondary N) is 2. The second-order valence-electron chi connectivity index (χ2n) is 10.8. The Morgan fingerprint density at radius 3 is 2.90 bits per heavy atom. The summed E-state index contributed by atoms with van der Waals surface area (Å²) < 4.78 is 7.75. The van der Waals surface area contributed by atoms with Crippen LogP contribution in [0.15, 0.2) is 72.4 Å². The lowest BCUT2D eigenvalue weighted by Crippen LogP contribution is -2.32. The average molecular weight is 565 g/mol. The molecule has 0 spiro atoms. The van der Waals surface area contributed by atoms with Crippen LogP contribution in [0.5, 0.6) is 0 Å². The van der Waals surface area contributed by atoms with Gasteiger partial charge in [0, 0.05) is 59.8 Å². The molecule has 1 amide bonds. The maximum Gasteiger partial charge on any atom is 0.410 e. The zero-order valence-electron chi connectivity index (χ0n) is 22.8. The maximum atomic E-state index is 12.4. The van der Waals surface area contributed by atoms with Crippen molar-refractivity contribution < 1.29 is 9.53 Å². The van der Waals surface area contributed by atoms with E-state index in [0.717, 1.165) is 61.3 Å². The van der Waals surface area contributed by atoms with Crippen molar-refractivity contribution in [3.63, 3.8) is 0 Å². The zero-order chi connectivity index (χ0) is 27.6. The zero-order valence-corrected chi connectivity index (χ0v) is 23.6. The number of anilines is 1. The average Bonchev–Trinajstić information content (AvgIpc) is 3.81. The summed E-state index contributed by atoms with van der Waals surface area (Å²) in [6.45, 7) is 3.73. The molecule has 3 aliphatic heterocycles. The third kappa shape index (κ3) is 5.67. The maximum absolute atomic E-state index is 12.4. The van der Waals surface area contributed by atoms with Gasteiger partial charge in [0.2, 0.25) is 0 Å². The predicted octanol–water partition coefficient (Wildman–Crippen LogP) is 5.30. The van der Waals surface area contributed by atoms with E-state index in [1.54, 1.807) is 16.2 Å². The summed E-state index contributed by atoms with van der Waals surface area (Å²) in [6.07, 6.45) is 6.52. The van der Waals surface area contributed by atoms with Gasteiger partial charge in [0.1, 0.15) is 6.10 Å². The van der Waals surface area contributed by atoms with Crippen LogP contribution in [0.4, 0.5) is 10.5 Å². The molecule has 2 aromatic heterocycles. The van der Waals surface area contributed by atoms with E-state index >= 15 is 0 Å². The third-order valence-corrected chi connectivity index (χ3v) is 8.74. The van der Waals surface area contributed by atoms with Gasteiger partial charge in [-0.05, 0) is 48.1 Å². The Hall–Kier alpha value is -4.26. The number of hydrogen-bond donors (Lipinski definition) is 2. The molecular formula is C32H32N6O2S. The van der Waals surface area contributed by atoms with Crippen molar-refractivity contribution >= 4 is 39.7 Å². The molecule has 4 aromatic rings. The van der Waals surface area contributed by atoms with E-state index < -0.39 is 0 Å². The third-order valence-electron chi connectivity index (χ3n) is 7.84. The number of amides is 1. The largest absolute Gasteiger partial charge is 0.445 e. The van der Waals surface area contributed by atoms with E-state index in [0.29, 0.717) is 13.0 Å². The first kappa shape index (κ1) is 25.7. The minimum Gasteiger partial charge on any atom is -0.445 e. The van der Waals surface area contributed by atoms with Crippen molar-refractivity contribution in [1.29, 1.82) is 0 Å². The number of hydrogen-bond acceptors (Lipinski definition) is 7. The van der Waals surface area contributed by atoms with Crippen molar-refractivity contribution in [3.05, 3.63) is 88.4 Å². The molecule has 0 saturated carbocycles. The topological polar surface area (TPSA) is 74.7 Å². The standard InChI is InChI=1S/C32H32N6O2S/c39-32(37-12-4-5-13-37)40-27-17-25(33-19-27)10-14-36-21-29(28-11-15-41-31(28)22-36)35-26-8-9-30-24(16-26)18-34-38(30)20-23-6-2-1-3-7-23/h1-3,6-9,11,15-16,18,21,25,27,33,35H,4-5,12-13,17,19-20,22H2/t25-,27+/m0/s1. The number of aromatic nitrogens is 2. The summed E-state index contributed by atoms with van der Waals surface area (Å²) in [5.74, 6) is 3.36. The van der Waals surface area contributed by atoms with Crippen LogP contribution in [0.25, 0.3) is 16.6 Å². The number of carbonyl (C=O) groups is 1. The molecule has 9 heteroatoms. The van der Waals surface area contributed by atoms with Crippen molar-refractivity contribution in [1.82, 2.24) is 24.9 Å². The van der Waals surface area contributed by atoms with Crippen LogP contribution in [-0.4, -0.2) is 57.5 Å². The van der Waals surface area contributed by atoms with Gasteiger partial charge in [0.25, 0.3) is 0 Å². The number of ether oxygens (including phenoxy) is 1. The van der Waals surface area contributed by atoms with E-state index in [9.17, 15) is 4.79 Å². The minimum absolute atomic E-state index is 0.00394. The summed E-state index contributed by atoms with van der Waals surface area (Å²) >= 11 is 1.75. The van der Waals surface area contributed by atoms with E-state index in [-0.39, 0.29) is 18.2 Å². The minimum atomic E-state index is -0.190. The smallest absolute Gasteiger partial charge is 0.410 e. The highest BCUT2D eigenvalue weighted by atomic mass is 32.1. The van der Waals surface area contributed by atoms with Gasteiger partial charge in [-0.3, -0.25) is 10.00 Å². The Bertz CT molecular complexity index is 1640. The fourth-order valence-electron chi connectivity index (χ4n) is 5.68. The van der Waals surface area contributed by atoms with Crippen molar-refractivity contribution in [2.45, 2.75) is 44.5 Å². The Kier molecular flexibility index (Phi) is 7.09. The van der Waals surface area contributed by atoms with Crippen molar-refractivity contribution in [2.75, 3.05) is 25.0 Å². The van der Waals surface area contributed by atoms with Gasteiger partial charge in [0.05, 0.1) is 36.5 Å². The second-order valence-corrected chi connectivity index (χ2v) is 11.8. The first-order valence-corrected chi connectivity index (χ1v) is 15.1.